The van der Waals surface area contributed by atoms with Gasteiger partial charge in [0, 0.05) is 25.7 Å². The highest BCUT2D eigenvalue weighted by Crippen LogP contribution is 2.18. The van der Waals surface area contributed by atoms with Crippen LogP contribution in [0.4, 0.5) is 5.69 Å². The zero-order valence-corrected chi connectivity index (χ0v) is 11.6. The van der Waals surface area contributed by atoms with Gasteiger partial charge in [-0.15, -0.1) is 0 Å². The lowest BCUT2D eigenvalue weighted by molar-refractivity contribution is -0.384. The minimum absolute atomic E-state index is 0.0603. The van der Waals surface area contributed by atoms with E-state index in [-0.39, 0.29) is 30.4 Å². The van der Waals surface area contributed by atoms with Crippen molar-refractivity contribution in [3.8, 4) is 0 Å². The minimum atomic E-state index is -0.999. The maximum absolute atomic E-state index is 12.3. The fraction of sp³-hybridized carbons (Fsp3) is 0.500. The van der Waals surface area contributed by atoms with Gasteiger partial charge in [0.15, 0.2) is 0 Å². The van der Waals surface area contributed by atoms with Crippen molar-refractivity contribution in [2.75, 3.05) is 6.54 Å². The van der Waals surface area contributed by atoms with Gasteiger partial charge in [-0.25, -0.2) is 0 Å². The number of carbonyl (C=O) groups excluding carboxylic acids is 1. The molecule has 0 atom stereocenters. The maximum atomic E-state index is 12.3. The summed E-state index contributed by atoms with van der Waals surface area (Å²) in [7, 11) is 1.54. The number of aliphatic carboxylic acids is 1. The van der Waals surface area contributed by atoms with Crippen molar-refractivity contribution in [1.29, 1.82) is 0 Å². The average Bonchev–Trinajstić information content (AvgIpc) is 2.70. The molecule has 8 heteroatoms. The summed E-state index contributed by atoms with van der Waals surface area (Å²) < 4.78 is 1.37. The Morgan fingerprint density at radius 3 is 2.50 bits per heavy atom. The first kappa shape index (κ1) is 15.7. The van der Waals surface area contributed by atoms with E-state index in [1.165, 1.54) is 28.8 Å². The van der Waals surface area contributed by atoms with Gasteiger partial charge in [-0.3, -0.25) is 19.7 Å². The lowest BCUT2D eigenvalue weighted by atomic mass is 10.2. The number of nitro groups is 1. The molecule has 0 aliphatic carbocycles. The second-order valence-corrected chi connectivity index (χ2v) is 4.69. The molecule has 0 aliphatic heterocycles. The Bertz CT molecular complexity index is 535. The number of carboxylic acids is 1. The van der Waals surface area contributed by atoms with Crippen LogP contribution in [0.1, 0.15) is 30.8 Å². The molecule has 1 aromatic heterocycles. The Hall–Kier alpha value is -2.38. The Labute approximate surface area is 115 Å². The monoisotopic (exact) mass is 283 g/mol. The van der Waals surface area contributed by atoms with E-state index in [1.54, 1.807) is 13.8 Å². The first-order valence-electron chi connectivity index (χ1n) is 6.07. The smallest absolute Gasteiger partial charge is 0.305 e. The van der Waals surface area contributed by atoms with Crippen LogP contribution in [0.2, 0.25) is 0 Å². The van der Waals surface area contributed by atoms with Crippen LogP contribution in [0, 0.1) is 10.1 Å². The summed E-state index contributed by atoms with van der Waals surface area (Å²) in [5.41, 5.74) is -0.00594. The summed E-state index contributed by atoms with van der Waals surface area (Å²) in [6, 6.07) is 0.995. The van der Waals surface area contributed by atoms with Gasteiger partial charge in [0.25, 0.3) is 11.6 Å². The Morgan fingerprint density at radius 2 is 2.10 bits per heavy atom. The fourth-order valence-corrected chi connectivity index (χ4v) is 1.82. The van der Waals surface area contributed by atoms with Crippen molar-refractivity contribution in [2.45, 2.75) is 26.3 Å². The molecular formula is C12H17N3O5. The number of hydrogen-bond acceptors (Lipinski definition) is 4. The van der Waals surface area contributed by atoms with Gasteiger partial charge >= 0.3 is 5.97 Å². The van der Waals surface area contributed by atoms with Crippen molar-refractivity contribution in [1.82, 2.24) is 9.47 Å². The highest BCUT2D eigenvalue weighted by molar-refractivity contribution is 5.94. The predicted octanol–water partition coefficient (Wildman–Crippen LogP) is 1.26. The largest absolute Gasteiger partial charge is 0.481 e. The van der Waals surface area contributed by atoms with Crippen LogP contribution in [0.15, 0.2) is 12.3 Å². The molecule has 0 aliphatic rings. The van der Waals surface area contributed by atoms with E-state index >= 15 is 0 Å². The molecule has 0 saturated heterocycles. The molecular weight excluding hydrogens is 266 g/mol. The number of amides is 1. The van der Waals surface area contributed by atoms with E-state index in [4.69, 9.17) is 5.11 Å². The SMILES string of the molecule is CC(C)N(CCC(=O)O)C(=O)c1cc([N+](=O)[O-])cn1C. The second-order valence-electron chi connectivity index (χ2n) is 4.69. The molecule has 0 aromatic carbocycles. The third-order valence-corrected chi connectivity index (χ3v) is 2.87. The molecule has 1 rings (SSSR count). The van der Waals surface area contributed by atoms with Gasteiger partial charge in [-0.05, 0) is 13.8 Å². The topological polar surface area (TPSA) is 106 Å². The lowest BCUT2D eigenvalue weighted by Gasteiger charge is -2.26. The normalized spacial score (nSPS) is 10.6. The molecule has 1 heterocycles. The molecule has 0 unspecified atom stereocenters. The van der Waals surface area contributed by atoms with Crippen molar-refractivity contribution < 1.29 is 19.6 Å². The van der Waals surface area contributed by atoms with E-state index < -0.39 is 16.8 Å². The second kappa shape index (κ2) is 6.18. The highest BCUT2D eigenvalue weighted by atomic mass is 16.6. The van der Waals surface area contributed by atoms with E-state index in [0.29, 0.717) is 0 Å². The number of rotatable bonds is 6. The average molecular weight is 283 g/mol. The predicted molar refractivity (Wildman–Crippen MR) is 70.5 cm³/mol. The van der Waals surface area contributed by atoms with E-state index in [9.17, 15) is 19.7 Å². The molecule has 1 N–H and O–H groups in total. The van der Waals surface area contributed by atoms with Gasteiger partial charge in [0.05, 0.1) is 17.5 Å². The summed E-state index contributed by atoms with van der Waals surface area (Å²) >= 11 is 0. The van der Waals surface area contributed by atoms with Gasteiger partial charge < -0.3 is 14.6 Å². The van der Waals surface area contributed by atoms with Crippen molar-refractivity contribution >= 4 is 17.6 Å². The first-order chi connectivity index (χ1) is 9.23. The van der Waals surface area contributed by atoms with E-state index in [0.717, 1.165) is 0 Å². The molecule has 0 radical (unpaired) electrons. The summed E-state index contributed by atoms with van der Waals surface area (Å²) in [5, 5.41) is 19.4. The summed E-state index contributed by atoms with van der Waals surface area (Å²) in [6.07, 6.45) is 1.08. The van der Waals surface area contributed by atoms with Crippen molar-refractivity contribution in [2.24, 2.45) is 7.05 Å². The van der Waals surface area contributed by atoms with E-state index in [2.05, 4.69) is 0 Å². The third-order valence-electron chi connectivity index (χ3n) is 2.87. The molecule has 0 spiro atoms. The maximum Gasteiger partial charge on any atom is 0.305 e. The lowest BCUT2D eigenvalue weighted by Crippen LogP contribution is -2.39. The Kier molecular flexibility index (Phi) is 4.84. The first-order valence-corrected chi connectivity index (χ1v) is 6.07. The van der Waals surface area contributed by atoms with Crippen LogP contribution in [-0.4, -0.2) is 44.0 Å². The minimum Gasteiger partial charge on any atom is -0.481 e. The number of hydrogen-bond donors (Lipinski definition) is 1. The molecule has 20 heavy (non-hydrogen) atoms. The van der Waals surface area contributed by atoms with Crippen LogP contribution < -0.4 is 0 Å². The van der Waals surface area contributed by atoms with Crippen LogP contribution in [-0.2, 0) is 11.8 Å². The number of aromatic nitrogens is 1. The van der Waals surface area contributed by atoms with Crippen LogP contribution in [0.25, 0.3) is 0 Å². The van der Waals surface area contributed by atoms with Crippen molar-refractivity contribution in [3.05, 3.63) is 28.1 Å². The third kappa shape index (κ3) is 3.56. The number of carboxylic acid groups (broad SMARTS) is 1. The molecule has 1 aromatic rings. The Balaban J connectivity index is 3.00. The van der Waals surface area contributed by atoms with Crippen molar-refractivity contribution in [3.63, 3.8) is 0 Å². The zero-order valence-electron chi connectivity index (χ0n) is 11.6. The fourth-order valence-electron chi connectivity index (χ4n) is 1.82. The number of aryl methyl sites for hydroxylation is 1. The molecule has 0 bridgehead atoms. The van der Waals surface area contributed by atoms with E-state index in [1.807, 2.05) is 0 Å². The molecule has 1 amide bonds. The quantitative estimate of drug-likeness (QED) is 0.625. The standard InChI is InChI=1S/C12H17N3O5/c1-8(2)14(5-4-11(16)17)12(18)10-6-9(15(19)20)7-13(10)3/h6-8H,4-5H2,1-3H3,(H,16,17). The molecule has 0 fully saturated rings. The zero-order chi connectivity index (χ0) is 15.4. The van der Waals surface area contributed by atoms with Gasteiger partial charge in [-0.1, -0.05) is 0 Å². The number of carbonyl (C=O) groups is 2. The summed E-state index contributed by atoms with van der Waals surface area (Å²) in [4.78, 5) is 34.5. The van der Waals surface area contributed by atoms with Crippen LogP contribution >= 0.6 is 0 Å². The molecule has 110 valence electrons. The number of nitrogens with zero attached hydrogens (tertiary/aromatic N) is 3. The van der Waals surface area contributed by atoms with Gasteiger partial charge in [-0.2, -0.15) is 0 Å². The van der Waals surface area contributed by atoms with Crippen LogP contribution in [0.5, 0.6) is 0 Å². The summed E-state index contributed by atoms with van der Waals surface area (Å²) in [5.74, 6) is -1.42. The van der Waals surface area contributed by atoms with Crippen LogP contribution in [0.3, 0.4) is 0 Å². The van der Waals surface area contributed by atoms with Gasteiger partial charge in [0.1, 0.15) is 5.69 Å². The molecule has 8 nitrogen and oxygen atoms in total. The van der Waals surface area contributed by atoms with Gasteiger partial charge in [0.2, 0.25) is 0 Å². The molecule has 0 saturated carbocycles. The summed E-state index contributed by atoms with van der Waals surface area (Å²) in [6.45, 7) is 3.58. The highest BCUT2D eigenvalue weighted by Gasteiger charge is 2.24. The Morgan fingerprint density at radius 1 is 1.50 bits per heavy atom.